The van der Waals surface area contributed by atoms with Crippen molar-refractivity contribution in [2.24, 2.45) is 0 Å². The lowest BCUT2D eigenvalue weighted by Crippen LogP contribution is -2.33. The molecule has 1 amide bonds. The molecule has 0 unspecified atom stereocenters. The van der Waals surface area contributed by atoms with Gasteiger partial charge in [-0.3, -0.25) is 4.57 Å². The zero-order valence-electron chi connectivity index (χ0n) is 15.6. The normalized spacial score (nSPS) is 11.5. The zero-order chi connectivity index (χ0) is 18.7. The van der Waals surface area contributed by atoms with Crippen molar-refractivity contribution in [3.63, 3.8) is 0 Å². The second kappa shape index (κ2) is 7.15. The van der Waals surface area contributed by atoms with E-state index in [2.05, 4.69) is 33.9 Å². The van der Waals surface area contributed by atoms with Crippen LogP contribution < -0.4 is 5.32 Å². The summed E-state index contributed by atoms with van der Waals surface area (Å²) in [5.74, 6) is 0.851. The third-order valence-corrected chi connectivity index (χ3v) is 3.86. The van der Waals surface area contributed by atoms with Gasteiger partial charge in [0.1, 0.15) is 16.9 Å². The van der Waals surface area contributed by atoms with Crippen molar-refractivity contribution < 1.29 is 9.53 Å². The van der Waals surface area contributed by atoms with Gasteiger partial charge in [0.05, 0.1) is 5.69 Å². The molecule has 0 aliphatic rings. The molecule has 0 fully saturated rings. The summed E-state index contributed by atoms with van der Waals surface area (Å²) >= 11 is 0. The van der Waals surface area contributed by atoms with Crippen molar-refractivity contribution in [1.29, 1.82) is 0 Å². The summed E-state index contributed by atoms with van der Waals surface area (Å²) in [4.78, 5) is 21.1. The first-order chi connectivity index (χ1) is 12.3. The molecule has 6 nitrogen and oxygen atoms in total. The first kappa shape index (κ1) is 17.9. The number of carbonyl (C=O) groups excluding carboxylic acids is 1. The van der Waals surface area contributed by atoms with E-state index < -0.39 is 11.7 Å². The summed E-state index contributed by atoms with van der Waals surface area (Å²) in [5, 5.41) is 2.79. The second-order valence-electron chi connectivity index (χ2n) is 7.17. The molecular formula is C20H24N4O2. The Labute approximate surface area is 153 Å². The van der Waals surface area contributed by atoms with E-state index in [1.807, 2.05) is 45.0 Å². The fourth-order valence-corrected chi connectivity index (χ4v) is 2.79. The molecular weight excluding hydrogens is 328 g/mol. The number of nitrogens with zero attached hydrogens (tertiary/aromatic N) is 3. The summed E-state index contributed by atoms with van der Waals surface area (Å²) in [7, 11) is 0. The molecule has 0 aliphatic heterocycles. The van der Waals surface area contributed by atoms with E-state index in [1.54, 1.807) is 6.20 Å². The molecule has 26 heavy (non-hydrogen) atoms. The van der Waals surface area contributed by atoms with Crippen LogP contribution in [0.3, 0.4) is 0 Å². The van der Waals surface area contributed by atoms with Crippen LogP contribution in [0.1, 0.15) is 32.2 Å². The molecule has 2 aromatic heterocycles. The van der Waals surface area contributed by atoms with Crippen molar-refractivity contribution in [2.45, 2.75) is 39.7 Å². The summed E-state index contributed by atoms with van der Waals surface area (Å²) < 4.78 is 7.34. The Morgan fingerprint density at radius 1 is 1.19 bits per heavy atom. The Bertz CT molecular complexity index is 925. The highest BCUT2D eigenvalue weighted by Gasteiger charge is 2.17. The van der Waals surface area contributed by atoms with Crippen molar-refractivity contribution >= 4 is 17.3 Å². The minimum Gasteiger partial charge on any atom is -0.444 e. The zero-order valence-corrected chi connectivity index (χ0v) is 15.6. The van der Waals surface area contributed by atoms with Gasteiger partial charge in [0, 0.05) is 19.2 Å². The SMILES string of the molecule is Cc1ccccc1-n1c(CCNC(=O)OC(C)(C)C)nc2cccnc21. The number of fused-ring (bicyclic) bond motifs is 1. The maximum Gasteiger partial charge on any atom is 0.407 e. The number of para-hydroxylation sites is 1. The van der Waals surface area contributed by atoms with Crippen LogP contribution in [-0.4, -0.2) is 32.8 Å². The third-order valence-electron chi connectivity index (χ3n) is 3.86. The van der Waals surface area contributed by atoms with Gasteiger partial charge in [0.25, 0.3) is 0 Å². The second-order valence-corrected chi connectivity index (χ2v) is 7.17. The Morgan fingerprint density at radius 3 is 2.69 bits per heavy atom. The lowest BCUT2D eigenvalue weighted by atomic mass is 10.2. The molecule has 1 aromatic carbocycles. The Morgan fingerprint density at radius 2 is 1.96 bits per heavy atom. The number of aryl methyl sites for hydroxylation is 1. The molecule has 0 atom stereocenters. The summed E-state index contributed by atoms with van der Waals surface area (Å²) in [6, 6.07) is 11.9. The van der Waals surface area contributed by atoms with Gasteiger partial charge in [0.2, 0.25) is 0 Å². The highest BCUT2D eigenvalue weighted by atomic mass is 16.6. The van der Waals surface area contributed by atoms with Gasteiger partial charge >= 0.3 is 6.09 Å². The molecule has 0 saturated carbocycles. The highest BCUT2D eigenvalue weighted by Crippen LogP contribution is 2.22. The van der Waals surface area contributed by atoms with Gasteiger partial charge < -0.3 is 10.1 Å². The number of hydrogen-bond acceptors (Lipinski definition) is 4. The Balaban J connectivity index is 1.86. The number of hydrogen-bond donors (Lipinski definition) is 1. The number of benzene rings is 1. The summed E-state index contributed by atoms with van der Waals surface area (Å²) in [5.41, 5.74) is 3.32. The van der Waals surface area contributed by atoms with Crippen LogP contribution in [0, 0.1) is 6.92 Å². The van der Waals surface area contributed by atoms with Crippen molar-refractivity contribution in [2.75, 3.05) is 6.54 Å². The minimum atomic E-state index is -0.512. The number of rotatable bonds is 4. The van der Waals surface area contributed by atoms with Crippen LogP contribution in [-0.2, 0) is 11.2 Å². The highest BCUT2D eigenvalue weighted by molar-refractivity contribution is 5.74. The van der Waals surface area contributed by atoms with Crippen LogP contribution in [0.25, 0.3) is 16.9 Å². The molecule has 3 aromatic rings. The van der Waals surface area contributed by atoms with E-state index in [1.165, 1.54) is 0 Å². The Kier molecular flexibility index (Phi) is 4.93. The fourth-order valence-electron chi connectivity index (χ4n) is 2.79. The van der Waals surface area contributed by atoms with E-state index in [-0.39, 0.29) is 0 Å². The van der Waals surface area contributed by atoms with E-state index >= 15 is 0 Å². The molecule has 2 heterocycles. The summed E-state index contributed by atoms with van der Waals surface area (Å²) in [6.07, 6.45) is 1.92. The maximum absolute atomic E-state index is 11.9. The number of pyridine rings is 1. The smallest absolute Gasteiger partial charge is 0.407 e. The first-order valence-electron chi connectivity index (χ1n) is 8.70. The van der Waals surface area contributed by atoms with E-state index in [0.717, 1.165) is 28.2 Å². The van der Waals surface area contributed by atoms with Gasteiger partial charge in [-0.15, -0.1) is 0 Å². The summed E-state index contributed by atoms with van der Waals surface area (Å²) in [6.45, 7) is 8.03. The topological polar surface area (TPSA) is 69.0 Å². The van der Waals surface area contributed by atoms with E-state index in [0.29, 0.717) is 13.0 Å². The monoisotopic (exact) mass is 352 g/mol. The molecule has 1 N–H and O–H groups in total. The number of nitrogens with one attached hydrogen (secondary N) is 1. The van der Waals surface area contributed by atoms with Crippen LogP contribution >= 0.6 is 0 Å². The first-order valence-corrected chi connectivity index (χ1v) is 8.70. The van der Waals surface area contributed by atoms with Crippen molar-refractivity contribution in [3.05, 3.63) is 54.0 Å². The van der Waals surface area contributed by atoms with Gasteiger partial charge in [-0.2, -0.15) is 0 Å². The maximum atomic E-state index is 11.9. The molecule has 0 radical (unpaired) electrons. The van der Waals surface area contributed by atoms with Gasteiger partial charge in [-0.05, 0) is 51.5 Å². The van der Waals surface area contributed by atoms with Crippen molar-refractivity contribution in [1.82, 2.24) is 19.9 Å². The molecule has 0 spiro atoms. The number of alkyl carbamates (subject to hydrolysis) is 1. The number of imidazole rings is 1. The van der Waals surface area contributed by atoms with Gasteiger partial charge in [-0.1, -0.05) is 18.2 Å². The van der Waals surface area contributed by atoms with Crippen LogP contribution in [0.2, 0.25) is 0 Å². The number of aromatic nitrogens is 3. The fraction of sp³-hybridized carbons (Fsp3) is 0.350. The molecule has 0 aliphatic carbocycles. The van der Waals surface area contributed by atoms with Crippen LogP contribution in [0.4, 0.5) is 4.79 Å². The number of carbonyl (C=O) groups is 1. The average Bonchev–Trinajstić information content (AvgIpc) is 2.92. The van der Waals surface area contributed by atoms with Crippen LogP contribution in [0.15, 0.2) is 42.6 Å². The minimum absolute atomic E-state index is 0.422. The van der Waals surface area contributed by atoms with E-state index in [4.69, 9.17) is 9.72 Å². The van der Waals surface area contributed by atoms with Gasteiger partial charge in [0.15, 0.2) is 5.65 Å². The van der Waals surface area contributed by atoms with E-state index in [9.17, 15) is 4.79 Å². The van der Waals surface area contributed by atoms with Crippen LogP contribution in [0.5, 0.6) is 0 Å². The molecule has 0 saturated heterocycles. The lowest BCUT2D eigenvalue weighted by Gasteiger charge is -2.19. The lowest BCUT2D eigenvalue weighted by molar-refractivity contribution is 0.0528. The predicted octanol–water partition coefficient (Wildman–Crippen LogP) is 3.80. The molecule has 6 heteroatoms. The quantitative estimate of drug-likeness (QED) is 0.775. The molecule has 136 valence electrons. The van der Waals surface area contributed by atoms with Crippen molar-refractivity contribution in [3.8, 4) is 5.69 Å². The molecule has 3 rings (SSSR count). The predicted molar refractivity (Wildman–Crippen MR) is 102 cm³/mol. The number of ether oxygens (including phenoxy) is 1. The largest absolute Gasteiger partial charge is 0.444 e. The molecule has 0 bridgehead atoms. The van der Waals surface area contributed by atoms with Gasteiger partial charge in [-0.25, -0.2) is 14.8 Å². The number of amides is 1. The third kappa shape index (κ3) is 4.02. The average molecular weight is 352 g/mol. The standard InChI is InChI=1S/C20H24N4O2/c1-14-8-5-6-10-16(14)24-17(23-15-9-7-12-21-18(15)24)11-13-22-19(25)26-20(2,3)4/h5-10,12H,11,13H2,1-4H3,(H,22,25). The Hall–Kier alpha value is -2.89.